The molecule has 0 saturated heterocycles. The fourth-order valence-corrected chi connectivity index (χ4v) is 5.57. The standard InChI is InChI=1S/C29H50N2OS/c1-9-10-11-12-13-14-15-16-17-18-19-20-21-32-27-22(2)23(28(3,4)5)25-26(31-33-30-25)24(27)29(6,7)8/h9-21H2,1-8H3. The predicted octanol–water partition coefficient (Wildman–Crippen LogP) is 9.67. The van der Waals surface area contributed by atoms with Gasteiger partial charge >= 0.3 is 0 Å². The van der Waals surface area contributed by atoms with Crippen LogP contribution in [-0.2, 0) is 10.8 Å². The van der Waals surface area contributed by atoms with Gasteiger partial charge in [-0.2, -0.15) is 8.75 Å². The molecule has 0 bridgehead atoms. The molecule has 0 amide bonds. The number of rotatable bonds is 14. The van der Waals surface area contributed by atoms with Crippen molar-refractivity contribution < 1.29 is 4.74 Å². The van der Waals surface area contributed by atoms with Crippen LogP contribution in [0.2, 0.25) is 0 Å². The maximum atomic E-state index is 6.54. The molecule has 0 aliphatic rings. The molecule has 0 unspecified atom stereocenters. The van der Waals surface area contributed by atoms with Gasteiger partial charge < -0.3 is 4.74 Å². The Morgan fingerprint density at radius 3 is 1.52 bits per heavy atom. The van der Waals surface area contributed by atoms with Gasteiger partial charge in [0.2, 0.25) is 0 Å². The first-order valence-corrected chi connectivity index (χ1v) is 14.2. The molecule has 3 nitrogen and oxygen atoms in total. The van der Waals surface area contributed by atoms with Crippen molar-refractivity contribution in [2.24, 2.45) is 0 Å². The van der Waals surface area contributed by atoms with Gasteiger partial charge in [0.25, 0.3) is 0 Å². The van der Waals surface area contributed by atoms with Gasteiger partial charge in [0.05, 0.1) is 18.3 Å². The van der Waals surface area contributed by atoms with Crippen LogP contribution in [0.3, 0.4) is 0 Å². The highest BCUT2D eigenvalue weighted by molar-refractivity contribution is 7.00. The maximum absolute atomic E-state index is 6.54. The van der Waals surface area contributed by atoms with E-state index >= 15 is 0 Å². The second-order valence-electron chi connectivity index (χ2n) is 11.9. The van der Waals surface area contributed by atoms with Crippen LogP contribution in [0.15, 0.2) is 0 Å². The SMILES string of the molecule is CCCCCCCCCCCCCCOc1c(C)c(C(C)(C)C)c2nsnc2c1C(C)(C)C. The number of aromatic nitrogens is 2. The van der Waals surface area contributed by atoms with E-state index in [1.54, 1.807) is 0 Å². The third-order valence-electron chi connectivity index (χ3n) is 6.65. The predicted molar refractivity (Wildman–Crippen MR) is 146 cm³/mol. The highest BCUT2D eigenvalue weighted by Crippen LogP contribution is 2.45. The summed E-state index contributed by atoms with van der Waals surface area (Å²) >= 11 is 1.32. The van der Waals surface area contributed by atoms with Crippen LogP contribution in [0.4, 0.5) is 0 Å². The van der Waals surface area contributed by atoms with Crippen molar-refractivity contribution in [2.75, 3.05) is 6.61 Å². The fraction of sp³-hybridized carbons (Fsp3) is 0.793. The van der Waals surface area contributed by atoms with Gasteiger partial charge in [0.15, 0.2) is 0 Å². The lowest BCUT2D eigenvalue weighted by molar-refractivity contribution is 0.294. The lowest BCUT2D eigenvalue weighted by Crippen LogP contribution is -2.20. The Kier molecular flexibility index (Phi) is 11.1. The number of hydrogen-bond donors (Lipinski definition) is 0. The molecule has 0 aliphatic carbocycles. The molecule has 0 spiro atoms. The van der Waals surface area contributed by atoms with Crippen molar-refractivity contribution in [3.63, 3.8) is 0 Å². The summed E-state index contributed by atoms with van der Waals surface area (Å²) in [6, 6.07) is 0. The molecule has 0 atom stereocenters. The topological polar surface area (TPSA) is 35.0 Å². The Bertz CT molecular complexity index is 842. The molecule has 0 saturated carbocycles. The lowest BCUT2D eigenvalue weighted by Gasteiger charge is -2.29. The number of benzene rings is 1. The van der Waals surface area contributed by atoms with Gasteiger partial charge in [-0.3, -0.25) is 0 Å². The van der Waals surface area contributed by atoms with Crippen LogP contribution in [0.1, 0.15) is 142 Å². The van der Waals surface area contributed by atoms with Crippen molar-refractivity contribution in [2.45, 2.75) is 143 Å². The average molecular weight is 475 g/mol. The van der Waals surface area contributed by atoms with Crippen molar-refractivity contribution in [3.05, 3.63) is 16.7 Å². The number of ether oxygens (including phenoxy) is 1. The summed E-state index contributed by atoms with van der Waals surface area (Å²) in [6.45, 7) is 18.9. The zero-order valence-electron chi connectivity index (χ0n) is 22.9. The van der Waals surface area contributed by atoms with E-state index in [1.807, 2.05) is 0 Å². The zero-order chi connectivity index (χ0) is 24.5. The quantitative estimate of drug-likeness (QED) is 0.256. The third kappa shape index (κ3) is 8.23. The van der Waals surface area contributed by atoms with Gasteiger partial charge in [-0.15, -0.1) is 0 Å². The molecule has 4 heteroatoms. The number of unbranched alkanes of at least 4 members (excludes halogenated alkanes) is 11. The summed E-state index contributed by atoms with van der Waals surface area (Å²) in [4.78, 5) is 0. The minimum Gasteiger partial charge on any atom is -0.493 e. The minimum absolute atomic E-state index is 0.00259. The molecule has 1 aromatic heterocycles. The fourth-order valence-electron chi connectivity index (χ4n) is 5.01. The number of nitrogens with zero attached hydrogens (tertiary/aromatic N) is 2. The van der Waals surface area contributed by atoms with Crippen LogP contribution >= 0.6 is 11.7 Å². The van der Waals surface area contributed by atoms with Crippen molar-refractivity contribution in [1.29, 1.82) is 0 Å². The second-order valence-corrected chi connectivity index (χ2v) is 12.4. The molecule has 0 N–H and O–H groups in total. The molecular formula is C29H50N2OS. The molecule has 188 valence electrons. The Labute approximate surface area is 208 Å². The summed E-state index contributed by atoms with van der Waals surface area (Å²) in [5.74, 6) is 1.05. The second kappa shape index (κ2) is 13.1. The molecule has 2 rings (SSSR count). The van der Waals surface area contributed by atoms with E-state index < -0.39 is 0 Å². The zero-order valence-corrected chi connectivity index (χ0v) is 23.7. The van der Waals surface area contributed by atoms with Gasteiger partial charge in [-0.25, -0.2) is 0 Å². The molecule has 1 heterocycles. The Hall–Kier alpha value is -1.16. The normalized spacial score (nSPS) is 12.6. The molecule has 1 aromatic carbocycles. The summed E-state index contributed by atoms with van der Waals surface area (Å²) in [5, 5.41) is 0. The highest BCUT2D eigenvalue weighted by Gasteiger charge is 2.32. The Balaban J connectivity index is 1.89. The van der Waals surface area contributed by atoms with Crippen LogP contribution in [0.25, 0.3) is 11.0 Å². The summed E-state index contributed by atoms with van der Waals surface area (Å²) in [6.07, 6.45) is 16.3. The molecule has 33 heavy (non-hydrogen) atoms. The Morgan fingerprint density at radius 2 is 1.06 bits per heavy atom. The van der Waals surface area contributed by atoms with Crippen molar-refractivity contribution in [1.82, 2.24) is 8.75 Å². The third-order valence-corrected chi connectivity index (χ3v) is 7.18. The highest BCUT2D eigenvalue weighted by atomic mass is 32.1. The molecule has 0 fully saturated rings. The average Bonchev–Trinajstić information content (AvgIpc) is 3.17. The summed E-state index contributed by atoms with van der Waals surface area (Å²) in [7, 11) is 0. The largest absolute Gasteiger partial charge is 0.493 e. The Morgan fingerprint density at radius 1 is 0.636 bits per heavy atom. The van der Waals surface area contributed by atoms with E-state index in [2.05, 4.69) is 55.4 Å². The number of fused-ring (bicyclic) bond motifs is 1. The lowest BCUT2D eigenvalue weighted by atomic mass is 9.77. The first-order chi connectivity index (χ1) is 15.6. The van der Waals surface area contributed by atoms with Crippen LogP contribution in [-0.4, -0.2) is 15.4 Å². The van der Waals surface area contributed by atoms with Gasteiger partial charge in [-0.05, 0) is 35.3 Å². The van der Waals surface area contributed by atoms with Crippen molar-refractivity contribution >= 4 is 22.8 Å². The first-order valence-electron chi connectivity index (χ1n) is 13.5. The minimum atomic E-state index is -0.0406. The van der Waals surface area contributed by atoms with E-state index in [9.17, 15) is 0 Å². The van der Waals surface area contributed by atoms with Crippen molar-refractivity contribution in [3.8, 4) is 5.75 Å². The monoisotopic (exact) mass is 474 g/mol. The maximum Gasteiger partial charge on any atom is 0.128 e. The van der Waals surface area contributed by atoms with E-state index in [1.165, 1.54) is 99.0 Å². The van der Waals surface area contributed by atoms with Gasteiger partial charge in [0.1, 0.15) is 16.8 Å². The molecule has 0 radical (unpaired) electrons. The molecule has 2 aromatic rings. The van der Waals surface area contributed by atoms with Crippen LogP contribution in [0, 0.1) is 6.92 Å². The number of hydrogen-bond acceptors (Lipinski definition) is 4. The summed E-state index contributed by atoms with van der Waals surface area (Å²) < 4.78 is 16.0. The van der Waals surface area contributed by atoms with Crippen LogP contribution < -0.4 is 4.74 Å². The smallest absolute Gasteiger partial charge is 0.128 e. The van der Waals surface area contributed by atoms with E-state index in [4.69, 9.17) is 13.5 Å². The first kappa shape index (κ1) is 28.1. The van der Waals surface area contributed by atoms with Gasteiger partial charge in [-0.1, -0.05) is 119 Å². The summed E-state index contributed by atoms with van der Waals surface area (Å²) in [5.41, 5.74) is 5.80. The van der Waals surface area contributed by atoms with Crippen LogP contribution in [0.5, 0.6) is 5.75 Å². The van der Waals surface area contributed by atoms with E-state index in [0.29, 0.717) is 0 Å². The van der Waals surface area contributed by atoms with E-state index in [0.717, 1.165) is 29.8 Å². The van der Waals surface area contributed by atoms with E-state index in [-0.39, 0.29) is 10.8 Å². The van der Waals surface area contributed by atoms with Gasteiger partial charge in [0, 0.05) is 5.56 Å². The molecule has 0 aliphatic heterocycles. The molecular weight excluding hydrogens is 424 g/mol.